The van der Waals surface area contributed by atoms with E-state index in [1.807, 2.05) is 13.8 Å². The van der Waals surface area contributed by atoms with Crippen LogP contribution in [0.1, 0.15) is 45.1 Å². The molecule has 1 N–H and O–H groups in total. The summed E-state index contributed by atoms with van der Waals surface area (Å²) in [6, 6.07) is 4.01. The monoisotopic (exact) mass is 248 g/mol. The molecule has 0 fully saturated rings. The highest BCUT2D eigenvalue weighted by Gasteiger charge is 2.36. The van der Waals surface area contributed by atoms with Crippen LogP contribution in [0.25, 0.3) is 0 Å². The molecule has 4 heteroatoms. The zero-order chi connectivity index (χ0) is 13.4. The summed E-state index contributed by atoms with van der Waals surface area (Å²) in [6.45, 7) is 4.39. The molecule has 1 aromatic heterocycles. The predicted octanol–water partition coefficient (Wildman–Crippen LogP) is 3.01. The van der Waals surface area contributed by atoms with Crippen LogP contribution < -0.4 is 5.32 Å². The average Bonchev–Trinajstić information content (AvgIpc) is 2.88. The van der Waals surface area contributed by atoms with Crippen LogP contribution in [0.5, 0.6) is 0 Å². The predicted molar refractivity (Wildman–Crippen MR) is 68.4 cm³/mol. The maximum atomic E-state index is 12.2. The number of hydrogen-bond acceptors (Lipinski definition) is 3. The van der Waals surface area contributed by atoms with Crippen molar-refractivity contribution in [3.05, 3.63) is 24.2 Å². The molecule has 0 atom stereocenters. The molecule has 1 heterocycles. The Labute approximate surface area is 108 Å². The molecule has 0 aliphatic carbocycles. The van der Waals surface area contributed by atoms with Gasteiger partial charge in [-0.2, -0.15) is 5.26 Å². The molecule has 0 radical (unpaired) electrons. The van der Waals surface area contributed by atoms with Crippen molar-refractivity contribution in [2.24, 2.45) is 5.41 Å². The lowest BCUT2D eigenvalue weighted by Gasteiger charge is -2.24. The third-order valence-electron chi connectivity index (χ3n) is 3.04. The number of carbonyl (C=O) groups excluding carboxylic acids is 1. The molecule has 1 amide bonds. The van der Waals surface area contributed by atoms with E-state index < -0.39 is 5.41 Å². The van der Waals surface area contributed by atoms with Gasteiger partial charge in [0.2, 0.25) is 5.91 Å². The number of amides is 1. The van der Waals surface area contributed by atoms with Crippen LogP contribution >= 0.6 is 0 Å². The van der Waals surface area contributed by atoms with Gasteiger partial charge in [0.15, 0.2) is 0 Å². The second-order valence-electron chi connectivity index (χ2n) is 4.51. The zero-order valence-electron chi connectivity index (χ0n) is 11.0. The maximum Gasteiger partial charge on any atom is 0.240 e. The van der Waals surface area contributed by atoms with Gasteiger partial charge < -0.3 is 9.73 Å². The SMILES string of the molecule is CCCC(C#N)(CCC)C(=O)NCc1ccoc1. The second-order valence-corrected chi connectivity index (χ2v) is 4.51. The summed E-state index contributed by atoms with van der Waals surface area (Å²) in [7, 11) is 0. The highest BCUT2D eigenvalue weighted by atomic mass is 16.3. The number of rotatable bonds is 7. The Balaban J connectivity index is 2.67. The van der Waals surface area contributed by atoms with Crippen molar-refractivity contribution in [2.45, 2.75) is 46.1 Å². The lowest BCUT2D eigenvalue weighted by atomic mass is 9.80. The van der Waals surface area contributed by atoms with E-state index in [9.17, 15) is 10.1 Å². The third-order valence-corrected chi connectivity index (χ3v) is 3.04. The first kappa shape index (κ1) is 14.3. The van der Waals surface area contributed by atoms with Crippen molar-refractivity contribution < 1.29 is 9.21 Å². The van der Waals surface area contributed by atoms with Gasteiger partial charge in [0.05, 0.1) is 18.6 Å². The van der Waals surface area contributed by atoms with Crippen LogP contribution in [-0.2, 0) is 11.3 Å². The highest BCUT2D eigenvalue weighted by molar-refractivity contribution is 5.85. The fourth-order valence-corrected chi connectivity index (χ4v) is 2.11. The molecular weight excluding hydrogens is 228 g/mol. The molecule has 1 rings (SSSR count). The number of nitriles is 1. The molecular formula is C14H20N2O2. The van der Waals surface area contributed by atoms with Gasteiger partial charge in [-0.15, -0.1) is 0 Å². The summed E-state index contributed by atoms with van der Waals surface area (Å²) in [5, 5.41) is 12.2. The Bertz CT molecular complexity index is 398. The molecule has 0 saturated heterocycles. The summed E-state index contributed by atoms with van der Waals surface area (Å²) in [4.78, 5) is 12.2. The fourth-order valence-electron chi connectivity index (χ4n) is 2.11. The van der Waals surface area contributed by atoms with E-state index in [1.54, 1.807) is 18.6 Å². The summed E-state index contributed by atoms with van der Waals surface area (Å²) in [6.07, 6.45) is 6.02. The van der Waals surface area contributed by atoms with Crippen LogP contribution in [0.3, 0.4) is 0 Å². The Morgan fingerprint density at radius 2 is 2.11 bits per heavy atom. The quantitative estimate of drug-likeness (QED) is 0.806. The van der Waals surface area contributed by atoms with Crippen molar-refractivity contribution in [3.8, 4) is 6.07 Å². The first-order chi connectivity index (χ1) is 8.68. The molecule has 18 heavy (non-hydrogen) atoms. The first-order valence-electron chi connectivity index (χ1n) is 6.39. The van der Waals surface area contributed by atoms with Gasteiger partial charge >= 0.3 is 0 Å². The highest BCUT2D eigenvalue weighted by Crippen LogP contribution is 2.29. The van der Waals surface area contributed by atoms with Gasteiger partial charge in [0.1, 0.15) is 5.41 Å². The van der Waals surface area contributed by atoms with E-state index in [4.69, 9.17) is 4.42 Å². The van der Waals surface area contributed by atoms with Crippen molar-refractivity contribution >= 4 is 5.91 Å². The lowest BCUT2D eigenvalue weighted by Crippen LogP contribution is -2.39. The minimum Gasteiger partial charge on any atom is -0.472 e. The maximum absolute atomic E-state index is 12.2. The van der Waals surface area contributed by atoms with Gasteiger partial charge in [0, 0.05) is 12.1 Å². The summed E-state index contributed by atoms with van der Waals surface area (Å²) in [5.74, 6) is -0.171. The van der Waals surface area contributed by atoms with Crippen molar-refractivity contribution in [1.29, 1.82) is 5.26 Å². The fraction of sp³-hybridized carbons (Fsp3) is 0.571. The van der Waals surface area contributed by atoms with E-state index in [1.165, 1.54) is 0 Å². The molecule has 0 unspecified atom stereocenters. The van der Waals surface area contributed by atoms with E-state index in [-0.39, 0.29) is 5.91 Å². The average molecular weight is 248 g/mol. The van der Waals surface area contributed by atoms with E-state index in [0.717, 1.165) is 18.4 Å². The van der Waals surface area contributed by atoms with Crippen LogP contribution in [0.2, 0.25) is 0 Å². The Hall–Kier alpha value is -1.76. The lowest BCUT2D eigenvalue weighted by molar-refractivity contribution is -0.129. The van der Waals surface area contributed by atoms with E-state index in [2.05, 4.69) is 11.4 Å². The molecule has 0 saturated carbocycles. The Morgan fingerprint density at radius 3 is 2.56 bits per heavy atom. The van der Waals surface area contributed by atoms with Crippen LogP contribution in [0.15, 0.2) is 23.0 Å². The van der Waals surface area contributed by atoms with Gasteiger partial charge in [-0.3, -0.25) is 4.79 Å². The van der Waals surface area contributed by atoms with Crippen LogP contribution in [0.4, 0.5) is 0 Å². The Morgan fingerprint density at radius 1 is 1.44 bits per heavy atom. The normalized spacial score (nSPS) is 10.9. The topological polar surface area (TPSA) is 66.0 Å². The molecule has 0 aliphatic rings. The Kier molecular flexibility index (Phi) is 5.44. The smallest absolute Gasteiger partial charge is 0.240 e. The molecule has 98 valence electrons. The molecule has 1 aromatic rings. The van der Waals surface area contributed by atoms with E-state index >= 15 is 0 Å². The van der Waals surface area contributed by atoms with Crippen molar-refractivity contribution in [1.82, 2.24) is 5.32 Å². The van der Waals surface area contributed by atoms with E-state index in [0.29, 0.717) is 19.4 Å². The molecule has 0 spiro atoms. The van der Waals surface area contributed by atoms with Gasteiger partial charge in [-0.05, 0) is 18.9 Å². The number of hydrogen-bond donors (Lipinski definition) is 1. The van der Waals surface area contributed by atoms with Crippen LogP contribution in [0, 0.1) is 16.7 Å². The third kappa shape index (κ3) is 3.36. The van der Waals surface area contributed by atoms with Crippen LogP contribution in [-0.4, -0.2) is 5.91 Å². The van der Waals surface area contributed by atoms with Gasteiger partial charge in [0.25, 0.3) is 0 Å². The largest absolute Gasteiger partial charge is 0.472 e. The number of nitrogens with one attached hydrogen (secondary N) is 1. The molecule has 0 bridgehead atoms. The standard InChI is InChI=1S/C14H20N2O2/c1-3-6-14(11-15,7-4-2)13(17)16-9-12-5-8-18-10-12/h5,8,10H,3-4,6-7,9H2,1-2H3,(H,16,17). The summed E-state index contributed by atoms with van der Waals surface area (Å²) >= 11 is 0. The van der Waals surface area contributed by atoms with Crippen molar-refractivity contribution in [3.63, 3.8) is 0 Å². The van der Waals surface area contributed by atoms with Crippen molar-refractivity contribution in [2.75, 3.05) is 0 Å². The number of nitrogens with zero attached hydrogens (tertiary/aromatic N) is 1. The molecule has 4 nitrogen and oxygen atoms in total. The summed E-state index contributed by atoms with van der Waals surface area (Å²) in [5.41, 5.74) is 0.0240. The minimum absolute atomic E-state index is 0.171. The van der Waals surface area contributed by atoms with Gasteiger partial charge in [-0.25, -0.2) is 0 Å². The molecule has 0 aromatic carbocycles. The van der Waals surface area contributed by atoms with Gasteiger partial charge in [-0.1, -0.05) is 26.7 Å². The first-order valence-corrected chi connectivity index (χ1v) is 6.39. The minimum atomic E-state index is -0.882. The molecule has 0 aliphatic heterocycles. The summed E-state index contributed by atoms with van der Waals surface area (Å²) < 4.78 is 4.94. The zero-order valence-corrected chi connectivity index (χ0v) is 11.0. The number of carbonyl (C=O) groups is 1. The number of furan rings is 1. The second kappa shape index (κ2) is 6.85.